The van der Waals surface area contributed by atoms with E-state index in [4.69, 9.17) is 46.6 Å². The molecule has 3 aromatic carbocycles. The molecule has 3 rings (SSSR count). The second-order valence-corrected chi connectivity index (χ2v) is 7.47. The molecule has 0 saturated carbocycles. The Hall–Kier alpha value is -1.45. The van der Waals surface area contributed by atoms with E-state index >= 15 is 0 Å². The van der Waals surface area contributed by atoms with Gasteiger partial charge in [0.1, 0.15) is 5.75 Å². The van der Waals surface area contributed by atoms with Crippen LogP contribution in [0.2, 0.25) is 5.02 Å². The maximum Gasteiger partial charge on any atom is 1.00 e. The van der Waals surface area contributed by atoms with Gasteiger partial charge in [-0.25, -0.2) is 0 Å². The Morgan fingerprint density at radius 1 is 0.767 bits per heavy atom. The van der Waals surface area contributed by atoms with E-state index in [1.54, 1.807) is 6.07 Å². The van der Waals surface area contributed by atoms with Crippen molar-refractivity contribution < 1.29 is 71.1 Å². The summed E-state index contributed by atoms with van der Waals surface area (Å²) in [5.41, 5.74) is 1.78. The van der Waals surface area contributed by atoms with E-state index < -0.39 is 20.8 Å². The molecule has 0 fully saturated rings. The molecule has 0 unspecified atom stereocenters. The standard InChI is InChI=1S/C16H12ClNO.Na.2H2O4S.H/c17-12-5-7-13(8-6-12)18-14-9-11-3-1-2-4-15(11)16(19)10-14;;2*1-5(2,3)4;/h1-10,18-19H;;2*(H2,1,2,3,4);/q;+1;;;-1. The van der Waals surface area contributed by atoms with Crippen LogP contribution in [-0.2, 0) is 20.8 Å². The second-order valence-electron chi connectivity index (χ2n) is 5.24. The van der Waals surface area contributed by atoms with Crippen molar-refractivity contribution in [3.8, 4) is 5.75 Å². The van der Waals surface area contributed by atoms with Crippen LogP contribution >= 0.6 is 11.6 Å². The summed E-state index contributed by atoms with van der Waals surface area (Å²) in [6.07, 6.45) is 0. The van der Waals surface area contributed by atoms with Gasteiger partial charge in [0.2, 0.25) is 0 Å². The molecule has 6 N–H and O–H groups in total. The van der Waals surface area contributed by atoms with Gasteiger partial charge in [-0.2, -0.15) is 16.8 Å². The summed E-state index contributed by atoms with van der Waals surface area (Å²) in [7, 11) is -9.33. The summed E-state index contributed by atoms with van der Waals surface area (Å²) < 4.78 is 63.2. The molecule has 0 aliphatic carbocycles. The Kier molecular flexibility index (Phi) is 11.8. The van der Waals surface area contributed by atoms with Gasteiger partial charge in [-0.1, -0.05) is 35.9 Å². The Morgan fingerprint density at radius 3 is 1.73 bits per heavy atom. The average molecular weight is 490 g/mol. The molecule has 0 spiro atoms. The molecule has 0 atom stereocenters. The summed E-state index contributed by atoms with van der Waals surface area (Å²) >= 11 is 5.85. The number of phenols is 1. The molecule has 0 aromatic heterocycles. The largest absolute Gasteiger partial charge is 1.00 e. The summed E-state index contributed by atoms with van der Waals surface area (Å²) in [6.45, 7) is 0. The fourth-order valence-electron chi connectivity index (χ4n) is 2.06. The maximum absolute atomic E-state index is 10.0. The molecule has 0 saturated heterocycles. The zero-order valence-corrected chi connectivity index (χ0v) is 19.7. The van der Waals surface area contributed by atoms with Crippen LogP contribution in [-0.4, -0.2) is 40.2 Å². The Morgan fingerprint density at radius 2 is 1.23 bits per heavy atom. The third-order valence-electron chi connectivity index (χ3n) is 2.97. The fraction of sp³-hybridized carbons (Fsp3) is 0. The quantitative estimate of drug-likeness (QED) is 0.222. The third kappa shape index (κ3) is 13.7. The zero-order chi connectivity index (χ0) is 22.2. The average Bonchev–Trinajstić information content (AvgIpc) is 2.54. The van der Waals surface area contributed by atoms with Gasteiger partial charge in [0.15, 0.2) is 0 Å². The van der Waals surface area contributed by atoms with E-state index in [1.807, 2.05) is 54.6 Å². The molecular weight excluding hydrogens is 473 g/mol. The van der Waals surface area contributed by atoms with Crippen molar-refractivity contribution in [1.29, 1.82) is 0 Å². The van der Waals surface area contributed by atoms with Crippen molar-refractivity contribution >= 4 is 54.5 Å². The van der Waals surface area contributed by atoms with Crippen molar-refractivity contribution in [2.45, 2.75) is 0 Å². The van der Waals surface area contributed by atoms with Gasteiger partial charge in [-0.15, -0.1) is 0 Å². The first-order valence-corrected chi connectivity index (χ1v) is 10.5. The number of hydrogen-bond donors (Lipinski definition) is 6. The van der Waals surface area contributed by atoms with Crippen LogP contribution in [0, 0.1) is 0 Å². The van der Waals surface area contributed by atoms with Gasteiger partial charge < -0.3 is 11.8 Å². The number of rotatable bonds is 2. The predicted molar refractivity (Wildman–Crippen MR) is 110 cm³/mol. The van der Waals surface area contributed by atoms with Crippen molar-refractivity contribution in [2.24, 2.45) is 0 Å². The number of aromatic hydroxyl groups is 1. The van der Waals surface area contributed by atoms with E-state index in [0.717, 1.165) is 22.1 Å². The van der Waals surface area contributed by atoms with Crippen molar-refractivity contribution in [1.82, 2.24) is 0 Å². The minimum Gasteiger partial charge on any atom is -1.00 e. The van der Waals surface area contributed by atoms with Crippen LogP contribution < -0.4 is 34.9 Å². The number of fused-ring (bicyclic) bond motifs is 1. The molecule has 30 heavy (non-hydrogen) atoms. The van der Waals surface area contributed by atoms with E-state index in [1.165, 1.54) is 0 Å². The molecule has 10 nitrogen and oxygen atoms in total. The van der Waals surface area contributed by atoms with Crippen LogP contribution in [0.25, 0.3) is 10.8 Å². The van der Waals surface area contributed by atoms with Crippen molar-refractivity contribution in [3.05, 3.63) is 65.7 Å². The number of benzene rings is 3. The first-order valence-electron chi connectivity index (χ1n) is 7.36. The molecule has 0 amide bonds. The molecule has 0 radical (unpaired) electrons. The van der Waals surface area contributed by atoms with Crippen molar-refractivity contribution in [3.63, 3.8) is 0 Å². The van der Waals surface area contributed by atoms with Gasteiger partial charge in [-0.05, 0) is 35.7 Å². The minimum absolute atomic E-state index is 0. The molecule has 3 aromatic rings. The predicted octanol–water partition coefficient (Wildman–Crippen LogP) is 0.753. The summed E-state index contributed by atoms with van der Waals surface area (Å²) in [5, 5.41) is 15.8. The first-order chi connectivity index (χ1) is 13.2. The summed E-state index contributed by atoms with van der Waals surface area (Å²) in [5.74, 6) is 0.273. The monoisotopic (exact) mass is 489 g/mol. The molecule has 0 aliphatic rings. The minimum atomic E-state index is -4.67. The molecule has 0 bridgehead atoms. The van der Waals surface area contributed by atoms with E-state index in [-0.39, 0.29) is 36.7 Å². The van der Waals surface area contributed by atoms with Crippen LogP contribution in [0.5, 0.6) is 5.75 Å². The SMILES string of the molecule is O=S(=O)(O)O.O=S(=O)(O)O.Oc1cc(Nc2ccc(Cl)cc2)cc2ccccc12.[H-].[Na+]. The molecule has 0 aliphatic heterocycles. The van der Waals surface area contributed by atoms with Gasteiger partial charge in [-0.3, -0.25) is 18.2 Å². The number of hydrogen-bond acceptors (Lipinski definition) is 6. The first kappa shape index (κ1) is 28.5. The van der Waals surface area contributed by atoms with Gasteiger partial charge >= 0.3 is 50.4 Å². The normalized spacial score (nSPS) is 10.6. The van der Waals surface area contributed by atoms with E-state index in [0.29, 0.717) is 5.02 Å². The fourth-order valence-corrected chi connectivity index (χ4v) is 2.19. The van der Waals surface area contributed by atoms with Crippen LogP contribution in [0.3, 0.4) is 0 Å². The van der Waals surface area contributed by atoms with E-state index in [9.17, 15) is 5.11 Å². The third-order valence-corrected chi connectivity index (χ3v) is 3.22. The molecular formula is C16H17ClNNaO9S2. The van der Waals surface area contributed by atoms with Gasteiger partial charge in [0.25, 0.3) is 0 Å². The van der Waals surface area contributed by atoms with Crippen LogP contribution in [0.15, 0.2) is 60.7 Å². The number of nitrogens with one attached hydrogen (secondary N) is 1. The van der Waals surface area contributed by atoms with Crippen LogP contribution in [0.1, 0.15) is 1.43 Å². The zero-order valence-electron chi connectivity index (χ0n) is 16.3. The summed E-state index contributed by atoms with van der Waals surface area (Å²) in [6, 6.07) is 18.9. The van der Waals surface area contributed by atoms with E-state index in [2.05, 4.69) is 5.32 Å². The molecule has 0 heterocycles. The smallest absolute Gasteiger partial charge is 1.00 e. The Balaban J connectivity index is 0. The van der Waals surface area contributed by atoms with Crippen molar-refractivity contribution in [2.75, 3.05) is 5.32 Å². The maximum atomic E-state index is 10.0. The topological polar surface area (TPSA) is 181 Å². The molecule has 160 valence electrons. The second kappa shape index (κ2) is 12.4. The van der Waals surface area contributed by atoms with Gasteiger partial charge in [0, 0.05) is 27.8 Å². The Labute approximate surface area is 201 Å². The molecule has 14 heteroatoms. The number of phenolic OH excluding ortho intramolecular Hbond substituents is 1. The number of anilines is 2. The van der Waals surface area contributed by atoms with Crippen LogP contribution in [0.4, 0.5) is 11.4 Å². The summed E-state index contributed by atoms with van der Waals surface area (Å²) in [4.78, 5) is 0. The Bertz CT molecular complexity index is 1130. The number of halogens is 1. The van der Waals surface area contributed by atoms with Gasteiger partial charge in [0.05, 0.1) is 0 Å².